The lowest BCUT2D eigenvalue weighted by molar-refractivity contribution is 0.581. The second kappa shape index (κ2) is 7.37. The van der Waals surface area contributed by atoms with E-state index in [-0.39, 0.29) is 17.0 Å². The molecule has 2 aromatic heterocycles. The first-order chi connectivity index (χ1) is 13.4. The van der Waals surface area contributed by atoms with Crippen molar-refractivity contribution in [3.05, 3.63) is 86.9 Å². The van der Waals surface area contributed by atoms with Gasteiger partial charge in [0.2, 0.25) is 5.65 Å². The summed E-state index contributed by atoms with van der Waals surface area (Å²) in [5, 5.41) is 9.03. The number of hydrogen-bond acceptors (Lipinski definition) is 4. The van der Waals surface area contributed by atoms with Crippen molar-refractivity contribution in [1.82, 2.24) is 19.2 Å². The van der Waals surface area contributed by atoms with Crippen LogP contribution in [0.5, 0.6) is 0 Å². The Hall–Kier alpha value is -2.71. The highest BCUT2D eigenvalue weighted by atomic mass is 35.5. The van der Waals surface area contributed by atoms with E-state index in [9.17, 15) is 13.6 Å². The number of nitrogens with zero attached hydrogens (tertiary/aromatic N) is 4. The molecule has 0 spiro atoms. The lowest BCUT2D eigenvalue weighted by Gasteiger charge is -2.10. The van der Waals surface area contributed by atoms with Crippen molar-refractivity contribution in [3.8, 4) is 5.69 Å². The van der Waals surface area contributed by atoms with Gasteiger partial charge >= 0.3 is 5.56 Å². The van der Waals surface area contributed by atoms with Crippen LogP contribution in [0, 0.1) is 18.6 Å². The molecule has 28 heavy (non-hydrogen) atoms. The Morgan fingerprint density at radius 2 is 1.86 bits per heavy atom. The number of fused-ring (bicyclic) bond motifs is 1. The summed E-state index contributed by atoms with van der Waals surface area (Å²) in [6, 6.07) is 8.66. The highest BCUT2D eigenvalue weighted by Gasteiger charge is 2.14. The Labute approximate surface area is 167 Å². The van der Waals surface area contributed by atoms with Crippen LogP contribution < -0.4 is 5.56 Å². The second-order valence-electron chi connectivity index (χ2n) is 6.10. The van der Waals surface area contributed by atoms with Gasteiger partial charge in [-0.1, -0.05) is 29.4 Å². The molecule has 0 aliphatic rings. The molecule has 0 aliphatic heterocycles. The predicted molar refractivity (Wildman–Crippen MR) is 104 cm³/mol. The lowest BCUT2D eigenvalue weighted by Crippen LogP contribution is -2.21. The largest absolute Gasteiger partial charge is 0.300 e. The van der Waals surface area contributed by atoms with E-state index in [2.05, 4.69) is 10.2 Å². The van der Waals surface area contributed by atoms with Gasteiger partial charge in [-0.05, 0) is 42.3 Å². The van der Waals surface area contributed by atoms with Gasteiger partial charge in [0, 0.05) is 29.2 Å². The van der Waals surface area contributed by atoms with Crippen LogP contribution in [-0.4, -0.2) is 19.2 Å². The molecule has 9 heteroatoms. The van der Waals surface area contributed by atoms with Crippen molar-refractivity contribution in [2.75, 3.05) is 0 Å². The van der Waals surface area contributed by atoms with Crippen LogP contribution in [0.3, 0.4) is 0 Å². The molecule has 4 aromatic rings. The number of hydrogen-bond donors (Lipinski definition) is 0. The van der Waals surface area contributed by atoms with E-state index in [1.165, 1.54) is 28.5 Å². The summed E-state index contributed by atoms with van der Waals surface area (Å²) in [4.78, 5) is 12.9. The Bertz CT molecular complexity index is 1230. The van der Waals surface area contributed by atoms with E-state index < -0.39 is 11.6 Å². The summed E-state index contributed by atoms with van der Waals surface area (Å²) in [6.07, 6.45) is 3.29. The van der Waals surface area contributed by atoms with Gasteiger partial charge in [0.25, 0.3) is 0 Å². The van der Waals surface area contributed by atoms with E-state index in [4.69, 9.17) is 11.6 Å². The molecule has 0 N–H and O–H groups in total. The van der Waals surface area contributed by atoms with Crippen molar-refractivity contribution in [1.29, 1.82) is 0 Å². The number of halogens is 3. The maximum atomic E-state index is 13.3. The zero-order valence-electron chi connectivity index (χ0n) is 14.6. The third kappa shape index (κ3) is 3.41. The quantitative estimate of drug-likeness (QED) is 0.460. The minimum Gasteiger partial charge on any atom is -0.279 e. The molecule has 0 unspecified atom stereocenters. The van der Waals surface area contributed by atoms with Crippen LogP contribution in [0.4, 0.5) is 8.78 Å². The van der Waals surface area contributed by atoms with Gasteiger partial charge in [0.05, 0.1) is 5.69 Å². The maximum absolute atomic E-state index is 13.3. The molecular formula is C19H13ClF2N4OS. The van der Waals surface area contributed by atoms with Crippen LogP contribution in [0.1, 0.15) is 11.1 Å². The van der Waals surface area contributed by atoms with E-state index in [1.807, 2.05) is 6.92 Å². The minimum absolute atomic E-state index is 0.148. The third-order valence-corrected chi connectivity index (χ3v) is 5.65. The molecule has 142 valence electrons. The molecule has 4 rings (SSSR count). The molecule has 0 atom stereocenters. The smallest absolute Gasteiger partial charge is 0.279 e. The van der Waals surface area contributed by atoms with Gasteiger partial charge in [0.15, 0.2) is 5.16 Å². The van der Waals surface area contributed by atoms with Crippen LogP contribution in [0.2, 0.25) is 5.02 Å². The summed E-state index contributed by atoms with van der Waals surface area (Å²) >= 11 is 7.38. The molecule has 5 nitrogen and oxygen atoms in total. The standard InChI is InChI=1S/C19H13ClF2N4OS/c1-11-15(20)3-2-4-16(11)25-5-6-26-17(18(25)27)23-24-19(26)28-10-12-7-13(21)9-14(22)8-12/h2-9H,10H2,1H3. The molecule has 0 bridgehead atoms. The van der Waals surface area contributed by atoms with Crippen LogP contribution in [0.25, 0.3) is 11.3 Å². The Balaban J connectivity index is 1.69. The van der Waals surface area contributed by atoms with Crippen LogP contribution >= 0.6 is 23.4 Å². The van der Waals surface area contributed by atoms with Crippen LogP contribution in [0.15, 0.2) is 58.7 Å². The summed E-state index contributed by atoms with van der Waals surface area (Å²) in [7, 11) is 0. The fraction of sp³-hybridized carbons (Fsp3) is 0.105. The first-order valence-corrected chi connectivity index (χ1v) is 9.60. The average molecular weight is 419 g/mol. The molecule has 0 aliphatic carbocycles. The maximum Gasteiger partial charge on any atom is 0.300 e. The van der Waals surface area contributed by atoms with Crippen LogP contribution in [-0.2, 0) is 5.75 Å². The molecule has 0 radical (unpaired) electrons. The topological polar surface area (TPSA) is 52.2 Å². The van der Waals surface area contributed by atoms with Gasteiger partial charge in [-0.3, -0.25) is 13.8 Å². The van der Waals surface area contributed by atoms with Crippen molar-refractivity contribution in [2.24, 2.45) is 0 Å². The Morgan fingerprint density at radius 3 is 2.61 bits per heavy atom. The fourth-order valence-electron chi connectivity index (χ4n) is 2.85. The summed E-state index contributed by atoms with van der Waals surface area (Å²) < 4.78 is 29.7. The SMILES string of the molecule is Cc1c(Cl)cccc1-n1ccn2c(SCc3cc(F)cc(F)c3)nnc2c1=O. The van der Waals surface area contributed by atoms with Crippen molar-refractivity contribution < 1.29 is 8.78 Å². The number of rotatable bonds is 4. The molecule has 0 amide bonds. The Morgan fingerprint density at radius 1 is 1.11 bits per heavy atom. The number of thioether (sulfide) groups is 1. The fourth-order valence-corrected chi connectivity index (χ4v) is 3.87. The molecule has 2 heterocycles. The first kappa shape index (κ1) is 18.6. The predicted octanol–water partition coefficient (Wildman–Crippen LogP) is 4.41. The van der Waals surface area contributed by atoms with E-state index >= 15 is 0 Å². The van der Waals surface area contributed by atoms with Gasteiger partial charge in [-0.15, -0.1) is 10.2 Å². The van der Waals surface area contributed by atoms with E-state index in [1.54, 1.807) is 35.0 Å². The average Bonchev–Trinajstić information content (AvgIpc) is 3.06. The van der Waals surface area contributed by atoms with Gasteiger partial charge in [0.1, 0.15) is 11.6 Å². The molecule has 0 saturated carbocycles. The summed E-state index contributed by atoms with van der Waals surface area (Å²) in [6.45, 7) is 1.83. The summed E-state index contributed by atoms with van der Waals surface area (Å²) in [5.41, 5.74) is 1.71. The van der Waals surface area contributed by atoms with Gasteiger partial charge in [-0.25, -0.2) is 8.78 Å². The highest BCUT2D eigenvalue weighted by molar-refractivity contribution is 7.98. The molecule has 2 aromatic carbocycles. The zero-order chi connectivity index (χ0) is 19.8. The molecule has 0 saturated heterocycles. The van der Waals surface area contributed by atoms with Crippen molar-refractivity contribution >= 4 is 29.0 Å². The van der Waals surface area contributed by atoms with Gasteiger partial charge < -0.3 is 0 Å². The van der Waals surface area contributed by atoms with E-state index in [0.717, 1.165) is 11.6 Å². The van der Waals surface area contributed by atoms with Crippen molar-refractivity contribution in [3.63, 3.8) is 0 Å². The zero-order valence-corrected chi connectivity index (χ0v) is 16.1. The number of aromatic nitrogens is 4. The molecule has 0 fully saturated rings. The summed E-state index contributed by atoms with van der Waals surface area (Å²) in [5.74, 6) is -0.991. The highest BCUT2D eigenvalue weighted by Crippen LogP contribution is 2.24. The third-order valence-electron chi connectivity index (χ3n) is 4.23. The number of benzene rings is 2. The second-order valence-corrected chi connectivity index (χ2v) is 7.45. The minimum atomic E-state index is -0.638. The lowest BCUT2D eigenvalue weighted by atomic mass is 10.2. The van der Waals surface area contributed by atoms with E-state index in [0.29, 0.717) is 21.4 Å². The first-order valence-electron chi connectivity index (χ1n) is 8.23. The van der Waals surface area contributed by atoms with Crippen molar-refractivity contribution in [2.45, 2.75) is 17.8 Å². The van der Waals surface area contributed by atoms with Gasteiger partial charge in [-0.2, -0.15) is 0 Å². The monoisotopic (exact) mass is 418 g/mol. The molecular weight excluding hydrogens is 406 g/mol. The normalized spacial score (nSPS) is 11.3. The Kier molecular flexibility index (Phi) is 4.91.